The van der Waals surface area contributed by atoms with E-state index >= 15 is 0 Å². The van der Waals surface area contributed by atoms with E-state index in [1.807, 2.05) is 0 Å². The summed E-state index contributed by atoms with van der Waals surface area (Å²) < 4.78 is 47.2. The molecule has 0 aliphatic carbocycles. The molecule has 0 aliphatic heterocycles. The van der Waals surface area contributed by atoms with Crippen LogP contribution in [0.2, 0.25) is 0 Å². The zero-order valence-corrected chi connectivity index (χ0v) is 9.95. The van der Waals surface area contributed by atoms with E-state index in [9.17, 15) is 22.0 Å². The molecule has 0 fully saturated rings. The van der Waals surface area contributed by atoms with Crippen LogP contribution in [0.15, 0.2) is 24.3 Å². The maximum absolute atomic E-state index is 12.0. The molecule has 0 unspecified atom stereocenters. The van der Waals surface area contributed by atoms with Crippen LogP contribution in [0.4, 0.5) is 8.78 Å². The van der Waals surface area contributed by atoms with Crippen molar-refractivity contribution in [3.63, 3.8) is 0 Å². The molecule has 0 aliphatic rings. The van der Waals surface area contributed by atoms with Gasteiger partial charge in [-0.1, -0.05) is 12.1 Å². The van der Waals surface area contributed by atoms with E-state index in [2.05, 4.69) is 0 Å². The van der Waals surface area contributed by atoms with Crippen LogP contribution in [-0.2, 0) is 16.4 Å². The fourth-order valence-electron chi connectivity index (χ4n) is 1.26. The molecule has 0 heterocycles. The quantitative estimate of drug-likeness (QED) is 0.816. The third-order valence-corrected chi connectivity index (χ3v) is 3.20. The number of nitrogens with one attached hydrogen (secondary N) is 1. The first kappa shape index (κ1) is 14.5. The molecular weight excluding hydrogens is 268 g/mol. The summed E-state index contributed by atoms with van der Waals surface area (Å²) in [6.45, 7) is -0.213. The Balaban J connectivity index is 2.60. The lowest BCUT2D eigenvalue weighted by Gasteiger charge is -2.06. The number of hydrogen-bond acceptors (Lipinski definition) is 3. The van der Waals surface area contributed by atoms with Crippen molar-refractivity contribution >= 4 is 16.0 Å². The Morgan fingerprint density at radius 3 is 2.61 bits per heavy atom. The van der Waals surface area contributed by atoms with E-state index in [0.717, 1.165) is 0 Å². The molecule has 8 heteroatoms. The first-order valence-electron chi connectivity index (χ1n) is 4.92. The van der Waals surface area contributed by atoms with Gasteiger partial charge in [-0.05, 0) is 24.1 Å². The summed E-state index contributed by atoms with van der Waals surface area (Å²) in [5.41, 5.74) is 0.607. The Morgan fingerprint density at radius 2 is 2.06 bits per heavy atom. The third kappa shape index (κ3) is 4.04. The van der Waals surface area contributed by atoms with Crippen LogP contribution >= 0.6 is 0 Å². The molecule has 100 valence electrons. The first-order chi connectivity index (χ1) is 8.33. The maximum Gasteiger partial charge on any atom is 0.350 e. The minimum absolute atomic E-state index is 0.0595. The Labute approximate surface area is 102 Å². The average Bonchev–Trinajstić information content (AvgIpc) is 2.29. The fourth-order valence-corrected chi connectivity index (χ4v) is 1.77. The second-order valence-electron chi connectivity index (χ2n) is 3.46. The van der Waals surface area contributed by atoms with Gasteiger partial charge in [0, 0.05) is 6.54 Å². The molecule has 1 aromatic carbocycles. The van der Waals surface area contributed by atoms with Crippen molar-refractivity contribution in [3.8, 4) is 0 Å². The van der Waals surface area contributed by atoms with E-state index in [0.29, 0.717) is 5.56 Å². The highest BCUT2D eigenvalue weighted by atomic mass is 32.2. The maximum atomic E-state index is 12.0. The van der Waals surface area contributed by atoms with E-state index < -0.39 is 21.8 Å². The van der Waals surface area contributed by atoms with Gasteiger partial charge in [-0.25, -0.2) is 17.9 Å². The number of carbonyl (C=O) groups is 1. The molecule has 1 aromatic rings. The Bertz CT molecular complexity index is 530. The average molecular weight is 279 g/mol. The lowest BCUT2D eigenvalue weighted by molar-refractivity contribution is 0.0696. The van der Waals surface area contributed by atoms with E-state index in [4.69, 9.17) is 5.11 Å². The van der Waals surface area contributed by atoms with Crippen LogP contribution in [0.1, 0.15) is 15.9 Å². The van der Waals surface area contributed by atoms with Gasteiger partial charge in [-0.2, -0.15) is 8.78 Å². The smallest absolute Gasteiger partial charge is 0.350 e. The van der Waals surface area contributed by atoms with Gasteiger partial charge in [0.25, 0.3) is 10.0 Å². The predicted molar refractivity (Wildman–Crippen MR) is 60.0 cm³/mol. The van der Waals surface area contributed by atoms with Gasteiger partial charge < -0.3 is 5.11 Å². The molecule has 0 saturated carbocycles. The number of benzene rings is 1. The zero-order valence-electron chi connectivity index (χ0n) is 9.14. The lowest BCUT2D eigenvalue weighted by atomic mass is 10.1. The highest BCUT2D eigenvalue weighted by molar-refractivity contribution is 7.89. The number of rotatable bonds is 6. The second-order valence-corrected chi connectivity index (χ2v) is 5.19. The van der Waals surface area contributed by atoms with Gasteiger partial charge in [0.2, 0.25) is 0 Å². The SMILES string of the molecule is O=C(O)c1cccc(CCNS(=O)(=O)C(F)F)c1. The molecule has 0 spiro atoms. The van der Waals surface area contributed by atoms with Crippen molar-refractivity contribution in [3.05, 3.63) is 35.4 Å². The van der Waals surface area contributed by atoms with Gasteiger partial charge in [0.15, 0.2) is 0 Å². The Hall–Kier alpha value is -1.54. The lowest BCUT2D eigenvalue weighted by Crippen LogP contribution is -2.31. The normalized spacial score (nSPS) is 11.7. The largest absolute Gasteiger partial charge is 0.478 e. The molecule has 18 heavy (non-hydrogen) atoms. The molecule has 5 nitrogen and oxygen atoms in total. The molecule has 0 atom stereocenters. The van der Waals surface area contributed by atoms with Crippen LogP contribution in [0.3, 0.4) is 0 Å². The van der Waals surface area contributed by atoms with Crippen molar-refractivity contribution in [1.29, 1.82) is 0 Å². The van der Waals surface area contributed by atoms with E-state index in [1.54, 1.807) is 10.8 Å². The molecule has 2 N–H and O–H groups in total. The summed E-state index contributed by atoms with van der Waals surface area (Å²) in [7, 11) is -4.59. The molecule has 0 amide bonds. The van der Waals surface area contributed by atoms with Crippen LogP contribution < -0.4 is 4.72 Å². The fraction of sp³-hybridized carbons (Fsp3) is 0.300. The molecule has 0 aromatic heterocycles. The third-order valence-electron chi connectivity index (χ3n) is 2.13. The van der Waals surface area contributed by atoms with Gasteiger partial charge in [-0.3, -0.25) is 0 Å². The van der Waals surface area contributed by atoms with Crippen molar-refractivity contribution in [1.82, 2.24) is 4.72 Å². The summed E-state index contributed by atoms with van der Waals surface area (Å²) in [5, 5.41) is 8.73. The van der Waals surface area contributed by atoms with Crippen molar-refractivity contribution in [2.75, 3.05) is 6.54 Å². The monoisotopic (exact) mass is 279 g/mol. The van der Waals surface area contributed by atoms with Gasteiger partial charge in [0.1, 0.15) is 0 Å². The molecule has 1 rings (SSSR count). The minimum atomic E-state index is -4.59. The molecule has 0 saturated heterocycles. The van der Waals surface area contributed by atoms with E-state index in [-0.39, 0.29) is 18.5 Å². The summed E-state index contributed by atoms with van der Waals surface area (Å²) in [6.07, 6.45) is 0.132. The van der Waals surface area contributed by atoms with Gasteiger partial charge >= 0.3 is 11.7 Å². The van der Waals surface area contributed by atoms with Gasteiger partial charge in [-0.15, -0.1) is 0 Å². The Morgan fingerprint density at radius 1 is 1.39 bits per heavy atom. The number of aromatic carboxylic acids is 1. The molecular formula is C10H11F2NO4S. The van der Waals surface area contributed by atoms with Crippen LogP contribution in [0, 0.1) is 0 Å². The van der Waals surface area contributed by atoms with Crippen molar-refractivity contribution in [2.24, 2.45) is 0 Å². The highest BCUT2D eigenvalue weighted by Gasteiger charge is 2.22. The van der Waals surface area contributed by atoms with Crippen molar-refractivity contribution < 1.29 is 27.1 Å². The Kier molecular flexibility index (Phi) is 4.74. The van der Waals surface area contributed by atoms with E-state index in [1.165, 1.54) is 18.2 Å². The first-order valence-corrected chi connectivity index (χ1v) is 6.46. The summed E-state index contributed by atoms with van der Waals surface area (Å²) >= 11 is 0. The zero-order chi connectivity index (χ0) is 13.8. The summed E-state index contributed by atoms with van der Waals surface area (Å²) in [4.78, 5) is 10.7. The molecule has 0 bridgehead atoms. The summed E-state index contributed by atoms with van der Waals surface area (Å²) in [6, 6.07) is 5.83. The van der Waals surface area contributed by atoms with Crippen LogP contribution in [-0.4, -0.2) is 31.8 Å². The highest BCUT2D eigenvalue weighted by Crippen LogP contribution is 2.07. The van der Waals surface area contributed by atoms with Crippen molar-refractivity contribution in [2.45, 2.75) is 12.2 Å². The predicted octanol–water partition coefficient (Wildman–Crippen LogP) is 1.07. The number of carboxylic acid groups (broad SMARTS) is 1. The summed E-state index contributed by atoms with van der Waals surface area (Å²) in [5.74, 6) is -4.58. The van der Waals surface area contributed by atoms with Gasteiger partial charge in [0.05, 0.1) is 5.56 Å². The second kappa shape index (κ2) is 5.87. The number of alkyl halides is 2. The number of sulfonamides is 1. The molecule has 0 radical (unpaired) electrons. The standard InChI is InChI=1S/C10H11F2NO4S/c11-10(12)18(16,17)13-5-4-7-2-1-3-8(6-7)9(14)15/h1-3,6,10,13H,4-5H2,(H,14,15). The topological polar surface area (TPSA) is 83.5 Å². The minimum Gasteiger partial charge on any atom is -0.478 e. The van der Waals surface area contributed by atoms with Crippen LogP contribution in [0.5, 0.6) is 0 Å². The number of hydrogen-bond donors (Lipinski definition) is 2. The number of halogens is 2. The van der Waals surface area contributed by atoms with Crippen LogP contribution in [0.25, 0.3) is 0 Å². The number of carboxylic acids is 1.